The second-order valence-electron chi connectivity index (χ2n) is 4.76. The number of hydrogen-bond acceptors (Lipinski definition) is 1. The molecule has 0 saturated carbocycles. The molecule has 0 spiro atoms. The predicted molar refractivity (Wildman–Crippen MR) is 67.9 cm³/mol. The molecule has 6 heteroatoms. The number of benzene rings is 1. The maximum Gasteiger partial charge on any atom is 0.419 e. The van der Waals surface area contributed by atoms with Gasteiger partial charge in [0.05, 0.1) is 11.1 Å². The fourth-order valence-electron chi connectivity index (χ4n) is 1.91. The van der Waals surface area contributed by atoms with Gasteiger partial charge in [-0.1, -0.05) is 13.0 Å². The molecule has 0 atom stereocenters. The van der Waals surface area contributed by atoms with Gasteiger partial charge >= 0.3 is 6.18 Å². The zero-order valence-corrected chi connectivity index (χ0v) is 11.6. The highest BCUT2D eigenvalue weighted by Gasteiger charge is 2.36. The molecule has 0 aliphatic heterocycles. The van der Waals surface area contributed by atoms with Gasteiger partial charge in [-0.05, 0) is 32.4 Å². The van der Waals surface area contributed by atoms with Gasteiger partial charge in [0.1, 0.15) is 5.82 Å². The van der Waals surface area contributed by atoms with Crippen molar-refractivity contribution in [3.8, 4) is 0 Å². The highest BCUT2D eigenvalue weighted by molar-refractivity contribution is 5.95. The molecule has 2 nitrogen and oxygen atoms in total. The summed E-state index contributed by atoms with van der Waals surface area (Å²) in [5.74, 6) is -2.22. The standard InChI is InChI=1S/C14H17F4NO/c1-4-8-19(9(2)3)13(20)10-6-5-7-11(12(10)15)14(16,17)18/h5-7,9H,4,8H2,1-3H3. The lowest BCUT2D eigenvalue weighted by Gasteiger charge is -2.26. The average molecular weight is 291 g/mol. The molecule has 0 aliphatic rings. The molecule has 0 bridgehead atoms. The van der Waals surface area contributed by atoms with Crippen LogP contribution in [0.15, 0.2) is 18.2 Å². The quantitative estimate of drug-likeness (QED) is 0.765. The summed E-state index contributed by atoms with van der Waals surface area (Å²) in [6, 6.07) is 2.55. The minimum absolute atomic E-state index is 0.212. The van der Waals surface area contributed by atoms with E-state index in [0.717, 1.165) is 12.1 Å². The second kappa shape index (κ2) is 6.24. The minimum atomic E-state index is -4.81. The van der Waals surface area contributed by atoms with Crippen molar-refractivity contribution in [1.82, 2.24) is 4.90 Å². The molecule has 0 unspecified atom stereocenters. The molecule has 1 aromatic carbocycles. The minimum Gasteiger partial charge on any atom is -0.336 e. The summed E-state index contributed by atoms with van der Waals surface area (Å²) in [5, 5.41) is 0. The lowest BCUT2D eigenvalue weighted by Crippen LogP contribution is -2.38. The van der Waals surface area contributed by atoms with Crippen LogP contribution in [0.5, 0.6) is 0 Å². The van der Waals surface area contributed by atoms with E-state index in [2.05, 4.69) is 0 Å². The maximum absolute atomic E-state index is 13.9. The average Bonchev–Trinajstić information content (AvgIpc) is 2.33. The zero-order valence-electron chi connectivity index (χ0n) is 11.6. The highest BCUT2D eigenvalue weighted by atomic mass is 19.4. The molecule has 1 aromatic rings. The number of carbonyl (C=O) groups excluding carboxylic acids is 1. The molecule has 0 fully saturated rings. The van der Waals surface area contributed by atoms with Crippen molar-refractivity contribution in [1.29, 1.82) is 0 Å². The van der Waals surface area contributed by atoms with Crippen LogP contribution < -0.4 is 0 Å². The Morgan fingerprint density at radius 3 is 2.35 bits per heavy atom. The molecule has 0 saturated heterocycles. The van der Waals surface area contributed by atoms with Crippen molar-refractivity contribution in [3.63, 3.8) is 0 Å². The zero-order chi connectivity index (χ0) is 15.5. The van der Waals surface area contributed by atoms with Crippen LogP contribution in [0.25, 0.3) is 0 Å². The third kappa shape index (κ3) is 3.49. The Hall–Kier alpha value is -1.59. The van der Waals surface area contributed by atoms with Gasteiger partial charge in [-0.3, -0.25) is 4.79 Å². The van der Waals surface area contributed by atoms with Crippen molar-refractivity contribution < 1.29 is 22.4 Å². The molecule has 0 aromatic heterocycles. The van der Waals surface area contributed by atoms with Gasteiger partial charge in [-0.15, -0.1) is 0 Å². The van der Waals surface area contributed by atoms with E-state index < -0.39 is 29.0 Å². The summed E-state index contributed by atoms with van der Waals surface area (Å²) in [7, 11) is 0. The third-order valence-corrected chi connectivity index (χ3v) is 2.88. The Labute approximate surface area is 115 Å². The van der Waals surface area contributed by atoms with Crippen LogP contribution in [0.2, 0.25) is 0 Å². The lowest BCUT2D eigenvalue weighted by molar-refractivity contribution is -0.140. The SMILES string of the molecule is CCCN(C(=O)c1cccc(C(F)(F)F)c1F)C(C)C. The van der Waals surface area contributed by atoms with Gasteiger partial charge < -0.3 is 4.90 Å². The number of halogens is 4. The van der Waals surface area contributed by atoms with Gasteiger partial charge in [0.25, 0.3) is 5.91 Å². The third-order valence-electron chi connectivity index (χ3n) is 2.88. The largest absolute Gasteiger partial charge is 0.419 e. The van der Waals surface area contributed by atoms with Crippen LogP contribution >= 0.6 is 0 Å². The topological polar surface area (TPSA) is 20.3 Å². The first-order valence-corrected chi connectivity index (χ1v) is 6.36. The van der Waals surface area contributed by atoms with Gasteiger partial charge in [0.15, 0.2) is 0 Å². The first kappa shape index (κ1) is 16.5. The number of carbonyl (C=O) groups is 1. The van der Waals surface area contributed by atoms with Crippen LogP contribution in [0.1, 0.15) is 43.1 Å². The van der Waals surface area contributed by atoms with Crippen LogP contribution in [0, 0.1) is 5.82 Å². The smallest absolute Gasteiger partial charge is 0.336 e. The molecule has 0 radical (unpaired) electrons. The van der Waals surface area contributed by atoms with E-state index in [1.165, 1.54) is 4.90 Å². The van der Waals surface area contributed by atoms with E-state index in [0.29, 0.717) is 19.0 Å². The molecule has 0 heterocycles. The monoisotopic (exact) mass is 291 g/mol. The molecular weight excluding hydrogens is 274 g/mol. The Kier molecular flexibility index (Phi) is 5.14. The van der Waals surface area contributed by atoms with Crippen molar-refractivity contribution >= 4 is 5.91 Å². The van der Waals surface area contributed by atoms with Crippen LogP contribution in [0.4, 0.5) is 17.6 Å². The first-order valence-electron chi connectivity index (χ1n) is 6.36. The second-order valence-corrected chi connectivity index (χ2v) is 4.76. The van der Waals surface area contributed by atoms with E-state index in [1.807, 2.05) is 6.92 Å². The summed E-state index contributed by atoms with van der Waals surface area (Å²) in [5.41, 5.74) is -1.95. The molecular formula is C14H17F4NO. The predicted octanol–water partition coefficient (Wildman–Crippen LogP) is 4.11. The van der Waals surface area contributed by atoms with Crippen LogP contribution in [-0.2, 0) is 6.18 Å². The Balaban J connectivity index is 3.23. The number of rotatable bonds is 4. The fourth-order valence-corrected chi connectivity index (χ4v) is 1.91. The van der Waals surface area contributed by atoms with E-state index in [1.54, 1.807) is 13.8 Å². The van der Waals surface area contributed by atoms with Crippen LogP contribution in [-0.4, -0.2) is 23.4 Å². The summed E-state index contributed by atoms with van der Waals surface area (Å²) in [4.78, 5) is 13.6. The molecule has 0 aliphatic carbocycles. The maximum atomic E-state index is 13.9. The van der Waals surface area contributed by atoms with E-state index in [4.69, 9.17) is 0 Å². The molecule has 20 heavy (non-hydrogen) atoms. The summed E-state index contributed by atoms with van der Waals surface area (Å²) in [6.07, 6.45) is -4.17. The molecule has 112 valence electrons. The number of nitrogens with zero attached hydrogens (tertiary/aromatic N) is 1. The number of alkyl halides is 3. The molecule has 1 amide bonds. The van der Waals surface area contributed by atoms with Gasteiger partial charge in [-0.2, -0.15) is 13.2 Å². The Bertz CT molecular complexity index is 483. The summed E-state index contributed by atoms with van der Waals surface area (Å²) < 4.78 is 51.8. The van der Waals surface area contributed by atoms with E-state index in [-0.39, 0.29) is 6.04 Å². The van der Waals surface area contributed by atoms with Gasteiger partial charge in [0, 0.05) is 12.6 Å². The fraction of sp³-hybridized carbons (Fsp3) is 0.500. The molecule has 1 rings (SSSR count). The van der Waals surface area contributed by atoms with Gasteiger partial charge in [0.2, 0.25) is 0 Å². The van der Waals surface area contributed by atoms with E-state index in [9.17, 15) is 22.4 Å². The van der Waals surface area contributed by atoms with Crippen molar-refractivity contribution in [2.75, 3.05) is 6.54 Å². The number of amides is 1. The summed E-state index contributed by atoms with van der Waals surface area (Å²) >= 11 is 0. The Morgan fingerprint density at radius 2 is 1.90 bits per heavy atom. The first-order chi connectivity index (χ1) is 9.20. The van der Waals surface area contributed by atoms with Gasteiger partial charge in [-0.25, -0.2) is 4.39 Å². The normalized spacial score (nSPS) is 11.8. The van der Waals surface area contributed by atoms with Crippen LogP contribution in [0.3, 0.4) is 0 Å². The van der Waals surface area contributed by atoms with E-state index >= 15 is 0 Å². The summed E-state index contributed by atoms with van der Waals surface area (Å²) in [6.45, 7) is 5.68. The van der Waals surface area contributed by atoms with Crippen molar-refractivity contribution in [2.24, 2.45) is 0 Å². The Morgan fingerprint density at radius 1 is 1.30 bits per heavy atom. The highest BCUT2D eigenvalue weighted by Crippen LogP contribution is 2.32. The van der Waals surface area contributed by atoms with Crippen molar-refractivity contribution in [2.45, 2.75) is 39.4 Å². The lowest BCUT2D eigenvalue weighted by atomic mass is 10.1. The van der Waals surface area contributed by atoms with Crippen molar-refractivity contribution in [3.05, 3.63) is 35.1 Å². The molecule has 0 N–H and O–H groups in total. The number of hydrogen-bond donors (Lipinski definition) is 0.